The molecule has 1 atom stereocenters. The zero-order valence-electron chi connectivity index (χ0n) is 20.3. The lowest BCUT2D eigenvalue weighted by atomic mass is 9.94. The first-order valence-corrected chi connectivity index (χ1v) is 12.1. The molecule has 186 valence electrons. The van der Waals surface area contributed by atoms with Gasteiger partial charge in [-0.3, -0.25) is 9.80 Å². The molecule has 0 aliphatic carbocycles. The average molecular weight is 492 g/mol. The van der Waals surface area contributed by atoms with Crippen molar-refractivity contribution >= 4 is 29.6 Å². The topological polar surface area (TPSA) is 94.2 Å². The Morgan fingerprint density at radius 1 is 1.21 bits per heavy atom. The highest BCUT2D eigenvalue weighted by molar-refractivity contribution is 6.31. The number of rotatable bonds is 6. The molecule has 1 saturated heterocycles. The van der Waals surface area contributed by atoms with Gasteiger partial charge in [0.2, 0.25) is 0 Å². The van der Waals surface area contributed by atoms with Crippen LogP contribution < -0.4 is 10.6 Å². The van der Waals surface area contributed by atoms with Gasteiger partial charge in [0.05, 0.1) is 18.2 Å². The smallest absolute Gasteiger partial charge is 0.338 e. The van der Waals surface area contributed by atoms with Crippen LogP contribution in [0.25, 0.3) is 0 Å². The summed E-state index contributed by atoms with van der Waals surface area (Å²) in [6, 6.07) is 6.11. The molecule has 1 fully saturated rings. The van der Waals surface area contributed by atoms with Crippen molar-refractivity contribution in [3.05, 3.63) is 46.1 Å². The SMILES string of the molecule is CCOC(=O)C1=C(CN2CCCN(C(=O)NC(C)C)CC2)N(C)C(=O)N[C@H]1c1ccccc1Cl. The van der Waals surface area contributed by atoms with Gasteiger partial charge in [0, 0.05) is 56.5 Å². The van der Waals surface area contributed by atoms with E-state index >= 15 is 0 Å². The first-order valence-electron chi connectivity index (χ1n) is 11.7. The fraction of sp³-hybridized carbons (Fsp3) is 0.542. The van der Waals surface area contributed by atoms with Crippen molar-refractivity contribution in [2.24, 2.45) is 0 Å². The normalized spacial score (nSPS) is 19.7. The molecule has 2 heterocycles. The summed E-state index contributed by atoms with van der Waals surface area (Å²) in [6.07, 6.45) is 0.789. The maximum Gasteiger partial charge on any atom is 0.338 e. The third kappa shape index (κ3) is 6.01. The van der Waals surface area contributed by atoms with Gasteiger partial charge in [-0.05, 0) is 38.8 Å². The molecule has 9 nitrogen and oxygen atoms in total. The van der Waals surface area contributed by atoms with Crippen molar-refractivity contribution in [2.45, 2.75) is 39.3 Å². The second-order valence-corrected chi connectivity index (χ2v) is 9.17. The molecule has 0 aromatic heterocycles. The number of likely N-dealkylation sites (N-methyl/N-ethyl adjacent to an activating group) is 1. The Bertz CT molecular complexity index is 951. The first-order chi connectivity index (χ1) is 16.2. The van der Waals surface area contributed by atoms with Crippen LogP contribution in [-0.2, 0) is 9.53 Å². The predicted octanol–water partition coefficient (Wildman–Crippen LogP) is 2.98. The Hall–Kier alpha value is -2.78. The van der Waals surface area contributed by atoms with Crippen molar-refractivity contribution < 1.29 is 19.1 Å². The van der Waals surface area contributed by atoms with Crippen LogP contribution in [0.15, 0.2) is 35.5 Å². The highest BCUT2D eigenvalue weighted by Gasteiger charge is 2.38. The van der Waals surface area contributed by atoms with E-state index in [2.05, 4.69) is 15.5 Å². The maximum atomic E-state index is 13.1. The molecule has 34 heavy (non-hydrogen) atoms. The van der Waals surface area contributed by atoms with E-state index in [-0.39, 0.29) is 24.7 Å². The minimum absolute atomic E-state index is 0.0697. The molecule has 1 aromatic carbocycles. The predicted molar refractivity (Wildman–Crippen MR) is 130 cm³/mol. The van der Waals surface area contributed by atoms with Crippen molar-refractivity contribution in [1.29, 1.82) is 0 Å². The molecule has 0 saturated carbocycles. The summed E-state index contributed by atoms with van der Waals surface area (Å²) in [7, 11) is 1.65. The zero-order chi connectivity index (χ0) is 24.8. The van der Waals surface area contributed by atoms with E-state index < -0.39 is 12.0 Å². The fourth-order valence-electron chi connectivity index (χ4n) is 4.22. The molecule has 0 bridgehead atoms. The lowest BCUT2D eigenvalue weighted by Crippen LogP contribution is -2.49. The molecule has 2 aliphatic heterocycles. The van der Waals surface area contributed by atoms with Gasteiger partial charge in [-0.1, -0.05) is 29.8 Å². The number of amides is 4. The number of carbonyl (C=O) groups excluding carboxylic acids is 3. The van der Waals surface area contributed by atoms with Gasteiger partial charge >= 0.3 is 18.0 Å². The summed E-state index contributed by atoms with van der Waals surface area (Å²) in [5.41, 5.74) is 1.58. The number of esters is 1. The Morgan fingerprint density at radius 3 is 2.62 bits per heavy atom. The molecule has 0 radical (unpaired) electrons. The van der Waals surface area contributed by atoms with E-state index in [4.69, 9.17) is 16.3 Å². The Morgan fingerprint density at radius 2 is 1.94 bits per heavy atom. The molecule has 0 unspecified atom stereocenters. The minimum Gasteiger partial charge on any atom is -0.463 e. The molecule has 2 aliphatic rings. The second kappa shape index (κ2) is 11.6. The monoisotopic (exact) mass is 491 g/mol. The first kappa shape index (κ1) is 25.8. The van der Waals surface area contributed by atoms with Gasteiger partial charge in [0.25, 0.3) is 0 Å². The van der Waals surface area contributed by atoms with Crippen LogP contribution in [0.4, 0.5) is 9.59 Å². The minimum atomic E-state index is -0.716. The van der Waals surface area contributed by atoms with Crippen LogP contribution in [0.5, 0.6) is 0 Å². The van der Waals surface area contributed by atoms with Crippen LogP contribution in [0.1, 0.15) is 38.8 Å². The quantitative estimate of drug-likeness (QED) is 0.597. The molecule has 1 aromatic rings. The van der Waals surface area contributed by atoms with E-state index in [1.54, 1.807) is 32.2 Å². The summed E-state index contributed by atoms with van der Waals surface area (Å²) in [4.78, 5) is 43.9. The van der Waals surface area contributed by atoms with Crippen LogP contribution in [-0.4, -0.2) is 85.2 Å². The number of halogens is 1. The van der Waals surface area contributed by atoms with Crippen molar-refractivity contribution in [3.63, 3.8) is 0 Å². The second-order valence-electron chi connectivity index (χ2n) is 8.76. The van der Waals surface area contributed by atoms with Crippen LogP contribution in [0.3, 0.4) is 0 Å². The van der Waals surface area contributed by atoms with E-state index in [9.17, 15) is 14.4 Å². The zero-order valence-corrected chi connectivity index (χ0v) is 21.0. The number of benzene rings is 1. The summed E-state index contributed by atoms with van der Waals surface area (Å²) in [5, 5.41) is 6.29. The summed E-state index contributed by atoms with van der Waals surface area (Å²) >= 11 is 6.44. The number of hydrogen-bond acceptors (Lipinski definition) is 5. The molecular weight excluding hydrogens is 458 g/mol. The standard InChI is InChI=1S/C24H34ClN5O4/c1-5-34-22(31)20-19(15-29-11-8-12-30(14-13-29)24(33)26-16(2)3)28(4)23(32)27-21(20)17-9-6-7-10-18(17)25/h6-7,9-10,16,21H,5,8,11-15H2,1-4H3,(H,26,33)(H,27,32)/t21-/m0/s1. The van der Waals surface area contributed by atoms with Gasteiger partial charge in [-0.25, -0.2) is 14.4 Å². The maximum absolute atomic E-state index is 13.1. The van der Waals surface area contributed by atoms with E-state index in [1.165, 1.54) is 4.90 Å². The van der Waals surface area contributed by atoms with Gasteiger partial charge in [0.1, 0.15) is 0 Å². The van der Waals surface area contributed by atoms with E-state index in [0.29, 0.717) is 48.0 Å². The molecule has 10 heteroatoms. The van der Waals surface area contributed by atoms with Gasteiger partial charge in [0.15, 0.2) is 0 Å². The van der Waals surface area contributed by atoms with E-state index in [0.717, 1.165) is 13.0 Å². The number of hydrogen-bond donors (Lipinski definition) is 2. The summed E-state index contributed by atoms with van der Waals surface area (Å²) in [6.45, 7) is 8.77. The molecule has 0 spiro atoms. The average Bonchev–Trinajstić information content (AvgIpc) is 3.02. The number of nitrogens with one attached hydrogen (secondary N) is 2. The Balaban J connectivity index is 1.91. The van der Waals surface area contributed by atoms with Crippen molar-refractivity contribution in [1.82, 2.24) is 25.3 Å². The highest BCUT2D eigenvalue weighted by Crippen LogP contribution is 2.34. The summed E-state index contributed by atoms with van der Waals surface area (Å²) in [5.74, 6) is -0.484. The van der Waals surface area contributed by atoms with Gasteiger partial charge < -0.3 is 20.3 Å². The largest absolute Gasteiger partial charge is 0.463 e. The third-order valence-electron chi connectivity index (χ3n) is 5.95. The number of carbonyl (C=O) groups is 3. The third-order valence-corrected chi connectivity index (χ3v) is 6.29. The lowest BCUT2D eigenvalue weighted by Gasteiger charge is -2.36. The van der Waals surface area contributed by atoms with Crippen molar-refractivity contribution in [3.8, 4) is 0 Å². The van der Waals surface area contributed by atoms with Gasteiger partial charge in [-0.2, -0.15) is 0 Å². The molecule has 4 amide bonds. The van der Waals surface area contributed by atoms with Crippen LogP contribution in [0.2, 0.25) is 5.02 Å². The fourth-order valence-corrected chi connectivity index (χ4v) is 4.47. The lowest BCUT2D eigenvalue weighted by molar-refractivity contribution is -0.139. The van der Waals surface area contributed by atoms with Gasteiger partial charge in [-0.15, -0.1) is 0 Å². The van der Waals surface area contributed by atoms with Crippen molar-refractivity contribution in [2.75, 3.05) is 46.4 Å². The number of ether oxygens (including phenoxy) is 1. The number of urea groups is 2. The molecular formula is C24H34ClN5O4. The highest BCUT2D eigenvalue weighted by atomic mass is 35.5. The van der Waals surface area contributed by atoms with E-state index in [1.807, 2.05) is 24.8 Å². The summed E-state index contributed by atoms with van der Waals surface area (Å²) < 4.78 is 5.39. The Labute approximate surface area is 206 Å². The molecule has 3 rings (SSSR count). The van der Waals surface area contributed by atoms with Crippen LogP contribution >= 0.6 is 11.6 Å². The van der Waals surface area contributed by atoms with Crippen LogP contribution in [0, 0.1) is 0 Å². The Kier molecular flexibility index (Phi) is 8.79. The number of nitrogens with zero attached hydrogens (tertiary/aromatic N) is 3. The molecule has 2 N–H and O–H groups in total.